The largest absolute Gasteiger partial charge is 0.229 e. The summed E-state index contributed by atoms with van der Waals surface area (Å²) in [4.78, 5) is 0. The number of unbranched alkanes of at least 4 members (excludes halogenated alkanes) is 2. The average molecular weight is 547 g/mol. The van der Waals surface area contributed by atoms with Gasteiger partial charge in [-0.2, -0.15) is 0 Å². The molecule has 0 heterocycles. The lowest BCUT2D eigenvalue weighted by molar-refractivity contribution is 0.589. The van der Waals surface area contributed by atoms with Gasteiger partial charge in [-0.05, 0) is 75.1 Å². The van der Waals surface area contributed by atoms with Crippen LogP contribution in [0.5, 0.6) is 0 Å². The Morgan fingerprint density at radius 2 is 0.676 bits per heavy atom. The van der Waals surface area contributed by atoms with Gasteiger partial charge in [-0.1, -0.05) is 121 Å². The van der Waals surface area contributed by atoms with E-state index in [-0.39, 0.29) is 0 Å². The molecule has 0 fully saturated rings. The van der Waals surface area contributed by atoms with Crippen molar-refractivity contribution in [3.63, 3.8) is 0 Å². The van der Waals surface area contributed by atoms with E-state index in [1.54, 1.807) is 0 Å². The van der Waals surface area contributed by atoms with Gasteiger partial charge in [0.2, 0.25) is 0 Å². The second-order valence-corrected chi connectivity index (χ2v) is 16.2. The summed E-state index contributed by atoms with van der Waals surface area (Å²) in [6.45, 7) is 0. The molecular weight excluding hydrogens is 510 g/mol. The fourth-order valence-electron chi connectivity index (χ4n) is 4.53. The van der Waals surface area contributed by atoms with Crippen molar-refractivity contribution in [3.05, 3.63) is 121 Å². The molecule has 2 nitrogen and oxygen atoms in total. The molecular formula is C32H36O2P2S. The molecule has 37 heavy (non-hydrogen) atoms. The summed E-state index contributed by atoms with van der Waals surface area (Å²) >= 11 is 0. The molecule has 4 rings (SSSR count). The van der Waals surface area contributed by atoms with E-state index in [2.05, 4.69) is 121 Å². The van der Waals surface area contributed by atoms with Gasteiger partial charge in [0.25, 0.3) is 0 Å². The molecule has 4 aromatic carbocycles. The number of hydrogen-bond acceptors (Lipinski definition) is 2. The Bertz CT molecular complexity index is 1110. The summed E-state index contributed by atoms with van der Waals surface area (Å²) in [7, 11) is -3.93. The van der Waals surface area contributed by atoms with E-state index in [1.165, 1.54) is 21.2 Å². The van der Waals surface area contributed by atoms with Gasteiger partial charge in [0.1, 0.15) is 9.84 Å². The van der Waals surface area contributed by atoms with Crippen molar-refractivity contribution in [2.75, 3.05) is 23.8 Å². The lowest BCUT2D eigenvalue weighted by atomic mass is 10.4. The van der Waals surface area contributed by atoms with Crippen LogP contribution < -0.4 is 21.2 Å². The Morgan fingerprint density at radius 3 is 0.946 bits per heavy atom. The standard InChI is InChI=1S/C32H36O2P2S/c33-37(34,27-15-13-25-35(29-17-5-1-6-18-29)30-19-7-2-8-20-30)28-16-14-26-36(31-21-9-3-10-22-31)32-23-11-4-12-24-32/h1-12,17-24H,13-16,25-28H2. The Morgan fingerprint density at radius 1 is 0.405 bits per heavy atom. The first kappa shape index (κ1) is 27.7. The molecule has 0 aromatic heterocycles. The maximum atomic E-state index is 12.8. The van der Waals surface area contributed by atoms with E-state index in [9.17, 15) is 8.42 Å². The predicted octanol–water partition coefficient (Wildman–Crippen LogP) is 6.23. The highest BCUT2D eigenvalue weighted by molar-refractivity contribution is 7.91. The first-order valence-corrected chi connectivity index (χ1v) is 18.0. The van der Waals surface area contributed by atoms with Crippen LogP contribution in [0.3, 0.4) is 0 Å². The average Bonchev–Trinajstić information content (AvgIpc) is 2.95. The molecule has 192 valence electrons. The van der Waals surface area contributed by atoms with Gasteiger partial charge in [0.05, 0.1) is 11.5 Å². The fourth-order valence-corrected chi connectivity index (χ4v) is 10.9. The maximum absolute atomic E-state index is 12.8. The fraction of sp³-hybridized carbons (Fsp3) is 0.250. The zero-order valence-corrected chi connectivity index (χ0v) is 23.9. The molecule has 0 amide bonds. The van der Waals surface area contributed by atoms with Crippen molar-refractivity contribution in [1.29, 1.82) is 0 Å². The predicted molar refractivity (Wildman–Crippen MR) is 165 cm³/mol. The van der Waals surface area contributed by atoms with Crippen LogP contribution in [0, 0.1) is 0 Å². The Kier molecular flexibility index (Phi) is 10.9. The summed E-state index contributed by atoms with van der Waals surface area (Å²) < 4.78 is 25.6. The monoisotopic (exact) mass is 546 g/mol. The van der Waals surface area contributed by atoms with Crippen molar-refractivity contribution in [3.8, 4) is 0 Å². The SMILES string of the molecule is O=S(=O)(CCCCP(c1ccccc1)c1ccccc1)CCCCP(c1ccccc1)c1ccccc1. The summed E-state index contributed by atoms with van der Waals surface area (Å²) in [5, 5.41) is 5.44. The first-order chi connectivity index (χ1) is 18.1. The zero-order valence-electron chi connectivity index (χ0n) is 21.3. The molecule has 0 bridgehead atoms. The molecule has 0 spiro atoms. The van der Waals surface area contributed by atoms with Crippen LogP contribution in [0.1, 0.15) is 25.7 Å². The van der Waals surface area contributed by atoms with Gasteiger partial charge < -0.3 is 0 Å². The van der Waals surface area contributed by atoms with Crippen LogP contribution in [0.25, 0.3) is 0 Å². The van der Waals surface area contributed by atoms with E-state index in [4.69, 9.17) is 0 Å². The highest BCUT2D eigenvalue weighted by atomic mass is 32.2. The van der Waals surface area contributed by atoms with Gasteiger partial charge >= 0.3 is 0 Å². The van der Waals surface area contributed by atoms with Crippen LogP contribution >= 0.6 is 15.8 Å². The van der Waals surface area contributed by atoms with Crippen molar-refractivity contribution >= 4 is 46.9 Å². The second-order valence-electron chi connectivity index (χ2n) is 9.21. The third kappa shape index (κ3) is 8.89. The smallest absolute Gasteiger partial charge is 0.150 e. The normalized spacial score (nSPS) is 11.7. The van der Waals surface area contributed by atoms with Crippen LogP contribution in [-0.2, 0) is 9.84 Å². The van der Waals surface area contributed by atoms with Crippen molar-refractivity contribution < 1.29 is 8.42 Å². The molecule has 0 unspecified atom stereocenters. The van der Waals surface area contributed by atoms with Crippen molar-refractivity contribution in [2.45, 2.75) is 25.7 Å². The van der Waals surface area contributed by atoms with Gasteiger partial charge in [0.15, 0.2) is 0 Å². The molecule has 0 radical (unpaired) electrons. The summed E-state index contributed by atoms with van der Waals surface area (Å²) in [6.07, 6.45) is 5.39. The van der Waals surface area contributed by atoms with E-state index >= 15 is 0 Å². The number of benzene rings is 4. The van der Waals surface area contributed by atoms with E-state index in [1.807, 2.05) is 0 Å². The Hall–Kier alpha value is -2.31. The molecule has 4 aromatic rings. The van der Waals surface area contributed by atoms with Crippen LogP contribution in [-0.4, -0.2) is 32.2 Å². The third-order valence-corrected chi connectivity index (χ3v) is 13.5. The minimum atomic E-state index is -3.02. The Balaban J connectivity index is 1.25. The van der Waals surface area contributed by atoms with Crippen molar-refractivity contribution in [2.24, 2.45) is 0 Å². The summed E-state index contributed by atoms with van der Waals surface area (Å²) in [5.74, 6) is 0.595. The molecule has 0 saturated carbocycles. The molecule has 0 aliphatic heterocycles. The lowest BCUT2D eigenvalue weighted by Crippen LogP contribution is -2.16. The van der Waals surface area contributed by atoms with Crippen LogP contribution in [0.4, 0.5) is 0 Å². The van der Waals surface area contributed by atoms with E-state index in [0.29, 0.717) is 11.5 Å². The first-order valence-electron chi connectivity index (χ1n) is 13.1. The minimum Gasteiger partial charge on any atom is -0.229 e. The molecule has 0 aliphatic rings. The molecule has 0 atom stereocenters. The van der Waals surface area contributed by atoms with E-state index in [0.717, 1.165) is 38.0 Å². The minimum absolute atomic E-state index is 0.298. The molecule has 0 saturated heterocycles. The summed E-state index contributed by atoms with van der Waals surface area (Å²) in [5.41, 5.74) is 0. The topological polar surface area (TPSA) is 34.1 Å². The van der Waals surface area contributed by atoms with Gasteiger partial charge in [-0.15, -0.1) is 0 Å². The molecule has 0 N–H and O–H groups in total. The van der Waals surface area contributed by atoms with Gasteiger partial charge in [-0.25, -0.2) is 8.42 Å². The van der Waals surface area contributed by atoms with Crippen molar-refractivity contribution in [1.82, 2.24) is 0 Å². The van der Waals surface area contributed by atoms with Gasteiger partial charge in [0, 0.05) is 0 Å². The van der Waals surface area contributed by atoms with E-state index < -0.39 is 25.7 Å². The Labute approximate surface area is 225 Å². The quantitative estimate of drug-likeness (QED) is 0.139. The number of sulfone groups is 1. The highest BCUT2D eigenvalue weighted by Gasteiger charge is 2.17. The van der Waals surface area contributed by atoms with Crippen LogP contribution in [0.15, 0.2) is 121 Å². The maximum Gasteiger partial charge on any atom is 0.150 e. The highest BCUT2D eigenvalue weighted by Crippen LogP contribution is 2.35. The van der Waals surface area contributed by atoms with Gasteiger partial charge in [-0.3, -0.25) is 0 Å². The molecule has 0 aliphatic carbocycles. The second kappa shape index (κ2) is 14.6. The summed E-state index contributed by atoms with van der Waals surface area (Å²) in [6, 6.07) is 42.6. The third-order valence-electron chi connectivity index (χ3n) is 6.45. The lowest BCUT2D eigenvalue weighted by Gasteiger charge is -2.19. The van der Waals surface area contributed by atoms with Crippen LogP contribution in [0.2, 0.25) is 0 Å². The number of rotatable bonds is 14. The zero-order chi connectivity index (χ0) is 25.8. The number of hydrogen-bond donors (Lipinski definition) is 0. The molecule has 5 heteroatoms.